The number of benzene rings is 2. The van der Waals surface area contributed by atoms with Gasteiger partial charge in [0.05, 0.1) is 0 Å². The van der Waals surface area contributed by atoms with Crippen LogP contribution in [0.3, 0.4) is 0 Å². The monoisotopic (exact) mass is 287 g/mol. The van der Waals surface area contributed by atoms with Crippen molar-refractivity contribution >= 4 is 11.8 Å². The van der Waals surface area contributed by atoms with Gasteiger partial charge in [-0.3, -0.25) is 0 Å². The Kier molecular flexibility index (Phi) is 5.96. The molecule has 0 aliphatic rings. The predicted molar refractivity (Wildman–Crippen MR) is 86.4 cm³/mol. The Bertz CT molecular complexity index is 508. The van der Waals surface area contributed by atoms with Crippen molar-refractivity contribution in [3.8, 4) is 5.75 Å². The lowest BCUT2D eigenvalue weighted by atomic mass is 10.1. The minimum absolute atomic E-state index is 0.611. The summed E-state index contributed by atoms with van der Waals surface area (Å²) in [4.78, 5) is 1.25. The van der Waals surface area contributed by atoms with Gasteiger partial charge in [-0.15, -0.1) is 11.8 Å². The standard InChI is InChI=1S/C17H21NOS/c1-3-18-12-14-4-6-15(7-5-14)13-19-16-8-10-17(20-2)11-9-16/h4-11,18H,3,12-13H2,1-2H3. The predicted octanol–water partition coefficient (Wildman–Crippen LogP) is 4.10. The van der Waals surface area contributed by atoms with E-state index in [0.717, 1.165) is 18.8 Å². The lowest BCUT2D eigenvalue weighted by Gasteiger charge is -2.08. The van der Waals surface area contributed by atoms with E-state index in [4.69, 9.17) is 4.74 Å². The molecular formula is C17H21NOS. The first-order valence-corrected chi connectivity index (χ1v) is 8.09. The van der Waals surface area contributed by atoms with Crippen molar-refractivity contribution in [1.29, 1.82) is 0 Å². The van der Waals surface area contributed by atoms with E-state index in [1.165, 1.54) is 16.0 Å². The number of rotatable bonds is 7. The molecule has 0 fully saturated rings. The Balaban J connectivity index is 1.86. The van der Waals surface area contributed by atoms with E-state index in [0.29, 0.717) is 6.61 Å². The highest BCUT2D eigenvalue weighted by Gasteiger charge is 1.98. The number of hydrogen-bond donors (Lipinski definition) is 1. The molecular weight excluding hydrogens is 266 g/mol. The van der Waals surface area contributed by atoms with Gasteiger partial charge in [-0.1, -0.05) is 31.2 Å². The van der Waals surface area contributed by atoms with Crippen LogP contribution < -0.4 is 10.1 Å². The van der Waals surface area contributed by atoms with Crippen molar-refractivity contribution < 1.29 is 4.74 Å². The summed E-state index contributed by atoms with van der Waals surface area (Å²) in [5.74, 6) is 0.916. The first kappa shape index (κ1) is 14.9. The van der Waals surface area contributed by atoms with E-state index in [1.54, 1.807) is 11.8 Å². The molecule has 2 aromatic rings. The Morgan fingerprint density at radius 1 is 0.950 bits per heavy atom. The van der Waals surface area contributed by atoms with Crippen molar-refractivity contribution in [2.45, 2.75) is 25.0 Å². The van der Waals surface area contributed by atoms with Crippen LogP contribution in [0.15, 0.2) is 53.4 Å². The minimum atomic E-state index is 0.611. The molecule has 0 atom stereocenters. The summed E-state index contributed by atoms with van der Waals surface area (Å²) in [7, 11) is 0. The third kappa shape index (κ3) is 4.58. The molecule has 0 amide bonds. The molecule has 0 unspecified atom stereocenters. The van der Waals surface area contributed by atoms with Crippen LogP contribution in [0, 0.1) is 0 Å². The summed E-state index contributed by atoms with van der Waals surface area (Å²) in [6.45, 7) is 4.65. The van der Waals surface area contributed by atoms with Crippen LogP contribution in [-0.4, -0.2) is 12.8 Å². The van der Waals surface area contributed by atoms with Gasteiger partial charge < -0.3 is 10.1 Å². The molecule has 3 heteroatoms. The lowest BCUT2D eigenvalue weighted by molar-refractivity contribution is 0.306. The summed E-state index contributed by atoms with van der Waals surface area (Å²) in [6, 6.07) is 16.8. The number of hydrogen-bond acceptors (Lipinski definition) is 3. The van der Waals surface area contributed by atoms with Gasteiger partial charge in [0.15, 0.2) is 0 Å². The SMILES string of the molecule is CCNCc1ccc(COc2ccc(SC)cc2)cc1. The van der Waals surface area contributed by atoms with Gasteiger partial charge in [0.2, 0.25) is 0 Å². The van der Waals surface area contributed by atoms with Crippen molar-refractivity contribution in [2.75, 3.05) is 12.8 Å². The van der Waals surface area contributed by atoms with Gasteiger partial charge in [0.25, 0.3) is 0 Å². The molecule has 0 saturated carbocycles. The maximum Gasteiger partial charge on any atom is 0.119 e. The summed E-state index contributed by atoms with van der Waals surface area (Å²) in [5.41, 5.74) is 2.50. The van der Waals surface area contributed by atoms with Crippen LogP contribution in [0.5, 0.6) is 5.75 Å². The molecule has 2 nitrogen and oxygen atoms in total. The second-order valence-electron chi connectivity index (χ2n) is 4.56. The zero-order chi connectivity index (χ0) is 14.2. The second kappa shape index (κ2) is 7.98. The normalized spacial score (nSPS) is 10.5. The maximum absolute atomic E-state index is 5.79. The average molecular weight is 287 g/mol. The number of ether oxygens (including phenoxy) is 1. The first-order chi connectivity index (χ1) is 9.81. The van der Waals surface area contributed by atoms with Crippen LogP contribution in [0.2, 0.25) is 0 Å². The Morgan fingerprint density at radius 3 is 2.20 bits per heavy atom. The van der Waals surface area contributed by atoms with E-state index in [2.05, 4.69) is 54.9 Å². The van der Waals surface area contributed by atoms with Crippen LogP contribution >= 0.6 is 11.8 Å². The molecule has 0 spiro atoms. The van der Waals surface area contributed by atoms with E-state index < -0.39 is 0 Å². The molecule has 2 aromatic carbocycles. The highest BCUT2D eigenvalue weighted by Crippen LogP contribution is 2.19. The average Bonchev–Trinajstić information content (AvgIpc) is 2.52. The van der Waals surface area contributed by atoms with Crippen molar-refractivity contribution in [1.82, 2.24) is 5.32 Å². The fourth-order valence-electron chi connectivity index (χ4n) is 1.86. The van der Waals surface area contributed by atoms with Crippen LogP contribution in [0.25, 0.3) is 0 Å². The quantitative estimate of drug-likeness (QED) is 0.775. The summed E-state index contributed by atoms with van der Waals surface area (Å²) >= 11 is 1.74. The molecule has 2 rings (SSSR count). The first-order valence-electron chi connectivity index (χ1n) is 6.87. The minimum Gasteiger partial charge on any atom is -0.489 e. The fourth-order valence-corrected chi connectivity index (χ4v) is 2.27. The maximum atomic E-state index is 5.79. The second-order valence-corrected chi connectivity index (χ2v) is 5.44. The Morgan fingerprint density at radius 2 is 1.60 bits per heavy atom. The van der Waals surface area contributed by atoms with Gasteiger partial charge in [-0.2, -0.15) is 0 Å². The van der Waals surface area contributed by atoms with Crippen LogP contribution in [0.1, 0.15) is 18.1 Å². The molecule has 0 bridgehead atoms. The van der Waals surface area contributed by atoms with E-state index in [1.807, 2.05) is 12.1 Å². The zero-order valence-corrected chi connectivity index (χ0v) is 12.9. The molecule has 106 valence electrons. The Hall–Kier alpha value is -1.45. The molecule has 0 aromatic heterocycles. The highest BCUT2D eigenvalue weighted by atomic mass is 32.2. The van der Waals surface area contributed by atoms with Gasteiger partial charge in [0, 0.05) is 11.4 Å². The fraction of sp³-hybridized carbons (Fsp3) is 0.294. The summed E-state index contributed by atoms with van der Waals surface area (Å²) in [6.07, 6.45) is 2.07. The largest absolute Gasteiger partial charge is 0.489 e. The van der Waals surface area contributed by atoms with Crippen LogP contribution in [-0.2, 0) is 13.2 Å². The van der Waals surface area contributed by atoms with Gasteiger partial charge in [-0.05, 0) is 48.2 Å². The van der Waals surface area contributed by atoms with Gasteiger partial charge in [-0.25, -0.2) is 0 Å². The van der Waals surface area contributed by atoms with Crippen molar-refractivity contribution in [2.24, 2.45) is 0 Å². The topological polar surface area (TPSA) is 21.3 Å². The third-order valence-electron chi connectivity index (χ3n) is 3.07. The van der Waals surface area contributed by atoms with E-state index in [-0.39, 0.29) is 0 Å². The smallest absolute Gasteiger partial charge is 0.119 e. The Labute approximate surface area is 125 Å². The molecule has 0 heterocycles. The molecule has 1 N–H and O–H groups in total. The summed E-state index contributed by atoms with van der Waals surface area (Å²) in [5, 5.41) is 3.32. The zero-order valence-electron chi connectivity index (χ0n) is 12.1. The van der Waals surface area contributed by atoms with Crippen LogP contribution in [0.4, 0.5) is 0 Å². The molecule has 0 radical (unpaired) electrons. The third-order valence-corrected chi connectivity index (χ3v) is 3.81. The van der Waals surface area contributed by atoms with Crippen molar-refractivity contribution in [3.63, 3.8) is 0 Å². The van der Waals surface area contributed by atoms with Gasteiger partial charge >= 0.3 is 0 Å². The summed E-state index contributed by atoms with van der Waals surface area (Å²) < 4.78 is 5.79. The van der Waals surface area contributed by atoms with E-state index in [9.17, 15) is 0 Å². The number of thioether (sulfide) groups is 1. The molecule has 0 aliphatic carbocycles. The molecule has 0 aliphatic heterocycles. The highest BCUT2D eigenvalue weighted by molar-refractivity contribution is 7.98. The van der Waals surface area contributed by atoms with Crippen molar-refractivity contribution in [3.05, 3.63) is 59.7 Å². The molecule has 0 saturated heterocycles. The molecule has 20 heavy (non-hydrogen) atoms. The van der Waals surface area contributed by atoms with Gasteiger partial charge in [0.1, 0.15) is 12.4 Å². The number of nitrogens with one attached hydrogen (secondary N) is 1. The lowest BCUT2D eigenvalue weighted by Crippen LogP contribution is -2.11. The van der Waals surface area contributed by atoms with E-state index >= 15 is 0 Å².